The Morgan fingerprint density at radius 2 is 2.00 bits per heavy atom. The molecule has 20 heavy (non-hydrogen) atoms. The number of nitrogens with one attached hydrogen (secondary N) is 1. The van der Waals surface area contributed by atoms with Crippen molar-refractivity contribution < 1.29 is 0 Å². The van der Waals surface area contributed by atoms with Crippen molar-refractivity contribution >= 4 is 22.3 Å². The van der Waals surface area contributed by atoms with Crippen LogP contribution in [0.5, 0.6) is 0 Å². The molecule has 0 atom stereocenters. The van der Waals surface area contributed by atoms with Gasteiger partial charge in [-0.2, -0.15) is 0 Å². The predicted octanol–water partition coefficient (Wildman–Crippen LogP) is 4.57. The first-order chi connectivity index (χ1) is 9.72. The summed E-state index contributed by atoms with van der Waals surface area (Å²) in [4.78, 5) is 8.87. The van der Waals surface area contributed by atoms with Gasteiger partial charge >= 0.3 is 0 Å². The molecule has 0 bridgehead atoms. The van der Waals surface area contributed by atoms with E-state index in [9.17, 15) is 0 Å². The van der Waals surface area contributed by atoms with Gasteiger partial charge in [-0.1, -0.05) is 29.8 Å². The van der Waals surface area contributed by atoms with Gasteiger partial charge in [0.2, 0.25) is 0 Å². The van der Waals surface area contributed by atoms with Crippen molar-refractivity contribution in [3.8, 4) is 11.3 Å². The van der Waals surface area contributed by atoms with Crippen molar-refractivity contribution in [2.24, 2.45) is 0 Å². The third-order valence-electron chi connectivity index (χ3n) is 3.06. The summed E-state index contributed by atoms with van der Waals surface area (Å²) in [7, 11) is 0. The van der Waals surface area contributed by atoms with E-state index in [0.29, 0.717) is 0 Å². The maximum Gasteiger partial charge on any atom is 0.188 e. The maximum atomic E-state index is 4.63. The van der Waals surface area contributed by atoms with Crippen molar-refractivity contribution in [2.75, 3.05) is 5.32 Å². The van der Waals surface area contributed by atoms with Gasteiger partial charge < -0.3 is 5.32 Å². The lowest BCUT2D eigenvalue weighted by Gasteiger charge is -2.03. The molecular formula is C16H15N3S. The van der Waals surface area contributed by atoms with Crippen molar-refractivity contribution in [1.29, 1.82) is 0 Å². The number of pyridine rings is 1. The first-order valence-electron chi connectivity index (χ1n) is 6.43. The summed E-state index contributed by atoms with van der Waals surface area (Å²) >= 11 is 1.59. The third kappa shape index (κ3) is 2.70. The molecule has 0 aliphatic heterocycles. The highest BCUT2D eigenvalue weighted by Gasteiger charge is 2.07. The van der Waals surface area contributed by atoms with Crippen LogP contribution in [0, 0.1) is 13.8 Å². The van der Waals surface area contributed by atoms with Crippen LogP contribution in [0.1, 0.15) is 11.1 Å². The van der Waals surface area contributed by atoms with Crippen LogP contribution in [0.3, 0.4) is 0 Å². The summed E-state index contributed by atoms with van der Waals surface area (Å²) < 4.78 is 0. The number of aryl methyl sites for hydroxylation is 2. The fraction of sp³-hybridized carbons (Fsp3) is 0.125. The Morgan fingerprint density at radius 3 is 2.75 bits per heavy atom. The molecule has 2 heterocycles. The molecule has 0 radical (unpaired) electrons. The van der Waals surface area contributed by atoms with Gasteiger partial charge in [-0.05, 0) is 31.5 Å². The second-order valence-corrected chi connectivity index (χ2v) is 5.55. The number of hydrogen-bond acceptors (Lipinski definition) is 4. The number of anilines is 2. The van der Waals surface area contributed by atoms with Gasteiger partial charge in [0.15, 0.2) is 5.13 Å². The molecular weight excluding hydrogens is 266 g/mol. The summed E-state index contributed by atoms with van der Waals surface area (Å²) in [5.41, 5.74) is 4.71. The van der Waals surface area contributed by atoms with Crippen LogP contribution in [-0.4, -0.2) is 9.97 Å². The fourth-order valence-electron chi connectivity index (χ4n) is 2.10. The largest absolute Gasteiger partial charge is 0.316 e. The van der Waals surface area contributed by atoms with Crippen molar-refractivity contribution in [1.82, 2.24) is 9.97 Å². The van der Waals surface area contributed by atoms with Gasteiger partial charge in [-0.3, -0.25) is 0 Å². The Balaban J connectivity index is 1.87. The van der Waals surface area contributed by atoms with E-state index in [2.05, 4.69) is 52.7 Å². The van der Waals surface area contributed by atoms with Crippen molar-refractivity contribution in [2.45, 2.75) is 13.8 Å². The second kappa shape index (κ2) is 5.43. The third-order valence-corrected chi connectivity index (χ3v) is 3.82. The monoisotopic (exact) mass is 281 g/mol. The number of hydrogen-bond donors (Lipinski definition) is 1. The Hall–Kier alpha value is -2.20. The Labute approximate surface area is 122 Å². The van der Waals surface area contributed by atoms with Crippen LogP contribution in [0.25, 0.3) is 11.3 Å². The standard InChI is InChI=1S/C16H15N3S/c1-11-6-7-13(12(2)9-11)14-10-20-16(18-14)19-15-5-3-4-8-17-15/h3-10H,1-2H3,(H,17,18,19). The zero-order chi connectivity index (χ0) is 13.9. The van der Waals surface area contributed by atoms with Crippen LogP contribution in [-0.2, 0) is 0 Å². The topological polar surface area (TPSA) is 37.8 Å². The summed E-state index contributed by atoms with van der Waals surface area (Å²) in [5.74, 6) is 0.814. The smallest absolute Gasteiger partial charge is 0.188 e. The molecule has 0 aliphatic carbocycles. The number of nitrogens with zero attached hydrogens (tertiary/aromatic N) is 2. The molecule has 3 nitrogen and oxygen atoms in total. The van der Waals surface area contributed by atoms with Crippen LogP contribution < -0.4 is 5.32 Å². The van der Waals surface area contributed by atoms with Gasteiger partial charge in [-0.25, -0.2) is 9.97 Å². The quantitative estimate of drug-likeness (QED) is 0.764. The minimum absolute atomic E-state index is 0.814. The zero-order valence-electron chi connectivity index (χ0n) is 11.4. The lowest BCUT2D eigenvalue weighted by atomic mass is 10.0. The normalized spacial score (nSPS) is 10.5. The van der Waals surface area contributed by atoms with Gasteiger partial charge in [0.1, 0.15) is 5.82 Å². The molecule has 3 rings (SSSR count). The van der Waals surface area contributed by atoms with Crippen molar-refractivity contribution in [3.63, 3.8) is 0 Å². The van der Waals surface area contributed by atoms with Gasteiger partial charge in [0, 0.05) is 17.1 Å². The first kappa shape index (κ1) is 12.8. The molecule has 1 aromatic carbocycles. The molecule has 2 aromatic heterocycles. The average Bonchev–Trinajstić information content (AvgIpc) is 2.88. The number of thiazole rings is 1. The van der Waals surface area contributed by atoms with E-state index >= 15 is 0 Å². The highest BCUT2D eigenvalue weighted by atomic mass is 32.1. The fourth-order valence-corrected chi connectivity index (χ4v) is 2.82. The lowest BCUT2D eigenvalue weighted by Crippen LogP contribution is -1.92. The number of aromatic nitrogens is 2. The van der Waals surface area contributed by atoms with Crippen LogP contribution in [0.2, 0.25) is 0 Å². The molecule has 0 fully saturated rings. The van der Waals surface area contributed by atoms with Crippen LogP contribution >= 0.6 is 11.3 Å². The number of benzene rings is 1. The molecule has 4 heteroatoms. The van der Waals surface area contributed by atoms with Gasteiger partial charge in [0.25, 0.3) is 0 Å². The van der Waals surface area contributed by atoms with E-state index in [1.165, 1.54) is 16.7 Å². The molecule has 1 N–H and O–H groups in total. The molecule has 0 aliphatic rings. The van der Waals surface area contributed by atoms with Gasteiger partial charge in [0.05, 0.1) is 5.69 Å². The maximum absolute atomic E-state index is 4.63. The summed E-state index contributed by atoms with van der Waals surface area (Å²) in [6.07, 6.45) is 1.76. The predicted molar refractivity (Wildman–Crippen MR) is 84.5 cm³/mol. The minimum atomic E-state index is 0.814. The van der Waals surface area contributed by atoms with E-state index in [4.69, 9.17) is 0 Å². The average molecular weight is 281 g/mol. The highest BCUT2D eigenvalue weighted by Crippen LogP contribution is 2.29. The van der Waals surface area contributed by atoms with Crippen LogP contribution in [0.15, 0.2) is 48.0 Å². The van der Waals surface area contributed by atoms with E-state index in [-0.39, 0.29) is 0 Å². The molecule has 3 aromatic rings. The Kier molecular flexibility index (Phi) is 3.48. The van der Waals surface area contributed by atoms with Gasteiger partial charge in [-0.15, -0.1) is 11.3 Å². The first-order valence-corrected chi connectivity index (χ1v) is 7.31. The summed E-state index contributed by atoms with van der Waals surface area (Å²) in [5, 5.41) is 6.15. The molecule has 0 spiro atoms. The molecule has 0 unspecified atom stereocenters. The molecule has 100 valence electrons. The van der Waals surface area contributed by atoms with Crippen molar-refractivity contribution in [3.05, 3.63) is 59.1 Å². The van der Waals surface area contributed by atoms with Crippen LogP contribution in [0.4, 0.5) is 10.9 Å². The Morgan fingerprint density at radius 1 is 1.10 bits per heavy atom. The second-order valence-electron chi connectivity index (χ2n) is 4.70. The summed E-state index contributed by atoms with van der Waals surface area (Å²) in [6.45, 7) is 4.22. The summed E-state index contributed by atoms with van der Waals surface area (Å²) in [6, 6.07) is 12.2. The van der Waals surface area contributed by atoms with E-state index in [1.54, 1.807) is 17.5 Å². The SMILES string of the molecule is Cc1ccc(-c2csc(Nc3ccccn3)n2)c(C)c1. The molecule has 0 amide bonds. The van der Waals surface area contributed by atoms with E-state index < -0.39 is 0 Å². The molecule has 0 saturated heterocycles. The zero-order valence-corrected chi connectivity index (χ0v) is 12.2. The highest BCUT2D eigenvalue weighted by molar-refractivity contribution is 7.14. The number of rotatable bonds is 3. The minimum Gasteiger partial charge on any atom is -0.316 e. The Bertz CT molecular complexity index is 720. The molecule has 0 saturated carbocycles. The van der Waals surface area contributed by atoms with E-state index in [1.807, 2.05) is 18.2 Å². The van der Waals surface area contributed by atoms with E-state index in [0.717, 1.165) is 16.6 Å². The lowest BCUT2D eigenvalue weighted by molar-refractivity contribution is 1.28.